The first-order valence-electron chi connectivity index (χ1n) is 11.2. The quantitative estimate of drug-likeness (QED) is 0.281. The molecule has 1 aliphatic heterocycles. The summed E-state index contributed by atoms with van der Waals surface area (Å²) in [5, 5.41) is 14.2. The summed E-state index contributed by atoms with van der Waals surface area (Å²) in [6.07, 6.45) is 2.36. The van der Waals surface area contributed by atoms with Gasteiger partial charge in [0.1, 0.15) is 28.0 Å². The number of H-pyrrole nitrogens is 1. The van der Waals surface area contributed by atoms with Crippen molar-refractivity contribution in [3.63, 3.8) is 0 Å². The summed E-state index contributed by atoms with van der Waals surface area (Å²) < 4.78 is 15.3. The van der Waals surface area contributed by atoms with E-state index in [0.717, 1.165) is 16.5 Å². The third kappa shape index (κ3) is 4.69. The van der Waals surface area contributed by atoms with Gasteiger partial charge in [-0.3, -0.25) is 14.9 Å². The molecular formula is C26H21Cl2FN6O. The van der Waals surface area contributed by atoms with Gasteiger partial charge in [0.25, 0.3) is 5.91 Å². The van der Waals surface area contributed by atoms with Crippen LogP contribution in [0.5, 0.6) is 0 Å². The monoisotopic (exact) mass is 522 g/mol. The lowest BCUT2D eigenvalue weighted by molar-refractivity contribution is -0.113. The maximum absolute atomic E-state index is 15.3. The first-order valence-corrected chi connectivity index (χ1v) is 12.0. The van der Waals surface area contributed by atoms with Crippen molar-refractivity contribution in [2.24, 2.45) is 4.99 Å². The molecule has 0 fully saturated rings. The lowest BCUT2D eigenvalue weighted by Crippen LogP contribution is -2.34. The number of carbonyl (C=O) groups excluding carboxylic acids is 1. The van der Waals surface area contributed by atoms with Crippen LogP contribution in [0.4, 0.5) is 10.1 Å². The van der Waals surface area contributed by atoms with Crippen LogP contribution < -0.4 is 10.6 Å². The number of hydrogen-bond acceptors (Lipinski definition) is 5. The number of aromatic amines is 1. The van der Waals surface area contributed by atoms with Crippen LogP contribution in [0.1, 0.15) is 36.6 Å². The Morgan fingerprint density at radius 1 is 1.11 bits per heavy atom. The van der Waals surface area contributed by atoms with Gasteiger partial charge in [0, 0.05) is 27.9 Å². The van der Waals surface area contributed by atoms with Crippen molar-refractivity contribution in [1.82, 2.24) is 20.5 Å². The predicted molar refractivity (Wildman–Crippen MR) is 140 cm³/mol. The summed E-state index contributed by atoms with van der Waals surface area (Å²) in [4.78, 5) is 22.3. The number of hydrogen-bond donors (Lipinski definition) is 3. The zero-order valence-electron chi connectivity index (χ0n) is 19.4. The zero-order valence-corrected chi connectivity index (χ0v) is 20.9. The number of carbonyl (C=O) groups is 1. The largest absolute Gasteiger partial charge is 0.343 e. The normalized spacial score (nSPS) is 15.6. The topological polar surface area (TPSA) is 95.1 Å². The summed E-state index contributed by atoms with van der Waals surface area (Å²) in [7, 11) is 0. The molecule has 0 spiro atoms. The number of nitrogens with one attached hydrogen (secondary N) is 3. The second-order valence-corrected chi connectivity index (χ2v) is 9.16. The summed E-state index contributed by atoms with van der Waals surface area (Å²) in [5.74, 6) is -0.437. The van der Waals surface area contributed by atoms with Crippen LogP contribution in [0.25, 0.3) is 10.9 Å². The van der Waals surface area contributed by atoms with Crippen molar-refractivity contribution in [2.75, 3.05) is 5.32 Å². The van der Waals surface area contributed by atoms with Crippen LogP contribution >= 0.6 is 23.2 Å². The molecule has 2 aromatic carbocycles. The molecule has 2 aromatic heterocycles. The molecule has 10 heteroatoms. The van der Waals surface area contributed by atoms with E-state index in [1.165, 1.54) is 6.07 Å². The Hall–Kier alpha value is -3.75. The van der Waals surface area contributed by atoms with Gasteiger partial charge in [0.05, 0.1) is 17.3 Å². The van der Waals surface area contributed by atoms with Gasteiger partial charge in [-0.1, -0.05) is 42.3 Å². The average Bonchev–Trinajstić information content (AvgIpc) is 3.30. The third-order valence-corrected chi connectivity index (χ3v) is 6.38. The molecule has 1 unspecified atom stereocenters. The van der Waals surface area contributed by atoms with Crippen molar-refractivity contribution in [3.8, 4) is 0 Å². The lowest BCUT2D eigenvalue weighted by atomic mass is 9.93. The van der Waals surface area contributed by atoms with Crippen LogP contribution in [-0.4, -0.2) is 26.9 Å². The van der Waals surface area contributed by atoms with E-state index in [9.17, 15) is 4.79 Å². The molecule has 0 saturated heterocycles. The summed E-state index contributed by atoms with van der Waals surface area (Å²) in [5.41, 5.74) is 3.95. The predicted octanol–water partition coefficient (Wildman–Crippen LogP) is 5.97. The Bertz CT molecular complexity index is 1540. The fraction of sp³-hybridized carbons (Fsp3) is 0.154. The minimum atomic E-state index is -0.907. The molecule has 7 nitrogen and oxygen atoms in total. The molecule has 4 aromatic rings. The Labute approximate surface area is 216 Å². The molecule has 3 heterocycles. The second-order valence-electron chi connectivity index (χ2n) is 8.38. The van der Waals surface area contributed by atoms with Crippen molar-refractivity contribution >= 4 is 51.5 Å². The standard InChI is InChI=1S/C26H21Cl2FN6O/c1-3-14-4-6-18(19(29)8-14)24-23(26(36)32-17-5-7-20-16(9-17)12-30-35-20)13(2)31-25(34-24)15-10-21(27)33-22(28)11-15/h4-12,24H,3H2,1-2H3,(H,30,35)(H,31,34)(H,32,36). The zero-order chi connectivity index (χ0) is 25.4. The molecule has 182 valence electrons. The average molecular weight is 523 g/mol. The molecule has 0 saturated carbocycles. The fourth-order valence-corrected chi connectivity index (χ4v) is 4.64. The Morgan fingerprint density at radius 3 is 2.61 bits per heavy atom. The Balaban J connectivity index is 1.57. The van der Waals surface area contributed by atoms with Crippen molar-refractivity contribution in [1.29, 1.82) is 0 Å². The molecule has 3 N–H and O–H groups in total. The number of halogens is 3. The number of pyridine rings is 1. The Morgan fingerprint density at radius 2 is 1.89 bits per heavy atom. The van der Waals surface area contributed by atoms with Crippen LogP contribution in [0.3, 0.4) is 0 Å². The van der Waals surface area contributed by atoms with Gasteiger partial charge < -0.3 is 10.6 Å². The van der Waals surface area contributed by atoms with E-state index in [0.29, 0.717) is 34.8 Å². The van der Waals surface area contributed by atoms with E-state index < -0.39 is 17.8 Å². The van der Waals surface area contributed by atoms with Gasteiger partial charge in [0.2, 0.25) is 0 Å². The fourth-order valence-electron chi connectivity index (χ4n) is 4.17. The Kier molecular flexibility index (Phi) is 6.47. The van der Waals surface area contributed by atoms with Gasteiger partial charge in [-0.15, -0.1) is 0 Å². The van der Waals surface area contributed by atoms with E-state index in [2.05, 4.69) is 25.8 Å². The van der Waals surface area contributed by atoms with Crippen molar-refractivity contribution < 1.29 is 9.18 Å². The van der Waals surface area contributed by atoms with E-state index in [1.807, 2.05) is 25.1 Å². The van der Waals surface area contributed by atoms with Crippen molar-refractivity contribution in [3.05, 3.63) is 98.8 Å². The highest BCUT2D eigenvalue weighted by molar-refractivity contribution is 6.33. The molecule has 1 atom stereocenters. The number of aromatic nitrogens is 3. The minimum absolute atomic E-state index is 0.192. The SMILES string of the molecule is CCc1ccc(C2N=C(c3cc(Cl)nc(Cl)c3)NC(C)=C2C(=O)Nc2ccc3[nH]ncc3c2)c(F)c1. The van der Waals surface area contributed by atoms with Gasteiger partial charge in [0.15, 0.2) is 0 Å². The lowest BCUT2D eigenvalue weighted by Gasteiger charge is -2.27. The number of benzene rings is 2. The highest BCUT2D eigenvalue weighted by Crippen LogP contribution is 2.35. The molecule has 1 aliphatic rings. The van der Waals surface area contributed by atoms with Crippen molar-refractivity contribution in [2.45, 2.75) is 26.3 Å². The molecule has 5 rings (SSSR count). The van der Waals surface area contributed by atoms with E-state index >= 15 is 4.39 Å². The minimum Gasteiger partial charge on any atom is -0.343 e. The van der Waals surface area contributed by atoms with E-state index in [4.69, 9.17) is 28.2 Å². The number of anilines is 1. The number of rotatable bonds is 5. The number of amides is 1. The molecule has 0 radical (unpaired) electrons. The maximum atomic E-state index is 15.3. The van der Waals surface area contributed by atoms with Gasteiger partial charge in [-0.05, 0) is 55.3 Å². The number of nitrogens with zero attached hydrogens (tertiary/aromatic N) is 3. The number of aryl methyl sites for hydroxylation is 1. The molecule has 0 aliphatic carbocycles. The number of fused-ring (bicyclic) bond motifs is 1. The third-order valence-electron chi connectivity index (χ3n) is 5.99. The second kappa shape index (κ2) is 9.72. The number of amidine groups is 1. The summed E-state index contributed by atoms with van der Waals surface area (Å²) >= 11 is 12.2. The summed E-state index contributed by atoms with van der Waals surface area (Å²) in [6, 6.07) is 12.7. The molecule has 0 bridgehead atoms. The molecular weight excluding hydrogens is 502 g/mol. The number of aliphatic imine (C=N–C) groups is 1. The highest BCUT2D eigenvalue weighted by atomic mass is 35.5. The summed E-state index contributed by atoms with van der Waals surface area (Å²) in [6.45, 7) is 3.70. The van der Waals surface area contributed by atoms with Crippen LogP contribution in [0.2, 0.25) is 10.3 Å². The van der Waals surface area contributed by atoms with E-state index in [1.54, 1.807) is 37.4 Å². The van der Waals surface area contributed by atoms with Gasteiger partial charge >= 0.3 is 0 Å². The molecule has 36 heavy (non-hydrogen) atoms. The van der Waals surface area contributed by atoms with Gasteiger partial charge in [-0.25, -0.2) is 9.37 Å². The van der Waals surface area contributed by atoms with E-state index in [-0.39, 0.29) is 15.9 Å². The maximum Gasteiger partial charge on any atom is 0.255 e. The smallest absolute Gasteiger partial charge is 0.255 e. The highest BCUT2D eigenvalue weighted by Gasteiger charge is 2.32. The molecule has 1 amide bonds. The van der Waals surface area contributed by atoms with Gasteiger partial charge in [-0.2, -0.15) is 5.10 Å². The van der Waals surface area contributed by atoms with Crippen LogP contribution in [0.15, 0.2) is 71.0 Å². The van der Waals surface area contributed by atoms with Crippen LogP contribution in [-0.2, 0) is 11.2 Å². The van der Waals surface area contributed by atoms with Crippen LogP contribution in [0, 0.1) is 5.82 Å². The first-order chi connectivity index (χ1) is 17.3. The first kappa shape index (κ1) is 24.0. The number of allylic oxidation sites excluding steroid dienone is 1.